The van der Waals surface area contributed by atoms with Gasteiger partial charge in [-0.05, 0) is 37.5 Å². The zero-order chi connectivity index (χ0) is 20.4. The first-order chi connectivity index (χ1) is 14.0. The van der Waals surface area contributed by atoms with Gasteiger partial charge in [-0.3, -0.25) is 0 Å². The molecular weight excluding hydrogens is 398 g/mol. The van der Waals surface area contributed by atoms with Crippen molar-refractivity contribution in [2.45, 2.75) is 25.8 Å². The van der Waals surface area contributed by atoms with Crippen LogP contribution < -0.4 is 9.47 Å². The predicted molar refractivity (Wildman–Crippen MR) is 105 cm³/mol. The smallest absolute Gasteiger partial charge is 0.409 e. The van der Waals surface area contributed by atoms with E-state index < -0.39 is 10.2 Å². The topological polar surface area (TPSA) is 88.6 Å². The van der Waals surface area contributed by atoms with E-state index in [9.17, 15) is 13.2 Å². The fourth-order valence-electron chi connectivity index (χ4n) is 4.08. The van der Waals surface area contributed by atoms with Gasteiger partial charge in [-0.1, -0.05) is 6.07 Å². The van der Waals surface area contributed by atoms with Gasteiger partial charge in [-0.25, -0.2) is 4.79 Å². The highest BCUT2D eigenvalue weighted by atomic mass is 32.2. The van der Waals surface area contributed by atoms with Crippen molar-refractivity contribution >= 4 is 16.3 Å². The van der Waals surface area contributed by atoms with Crippen molar-refractivity contribution in [3.63, 3.8) is 0 Å². The summed E-state index contributed by atoms with van der Waals surface area (Å²) in [5.74, 6) is 1.36. The third kappa shape index (κ3) is 4.01. The van der Waals surface area contributed by atoms with Crippen LogP contribution in [0, 0.1) is 0 Å². The predicted octanol–water partition coefficient (Wildman–Crippen LogP) is 1.61. The molecule has 29 heavy (non-hydrogen) atoms. The minimum absolute atomic E-state index is 0.223. The van der Waals surface area contributed by atoms with Gasteiger partial charge in [-0.2, -0.15) is 17.0 Å². The Balaban J connectivity index is 1.47. The molecule has 0 spiro atoms. The summed E-state index contributed by atoms with van der Waals surface area (Å²) < 4.78 is 45.9. The molecule has 0 radical (unpaired) electrons. The van der Waals surface area contributed by atoms with Gasteiger partial charge in [0.05, 0.1) is 12.6 Å². The standard InChI is InChI=1S/C19H27N3O6S/c1-2-26-19(23)20-8-10-21(11-9-20)29(24,25)22-7-3-4-16(22)15-5-6-17-18(14-15)28-13-12-27-17/h5-6,14,16H,2-4,7-13H2,1H3. The molecule has 1 aromatic rings. The number of fused-ring (bicyclic) bond motifs is 1. The van der Waals surface area contributed by atoms with Gasteiger partial charge in [-0.15, -0.1) is 0 Å². The SMILES string of the molecule is CCOC(=O)N1CCN(S(=O)(=O)N2CCCC2c2ccc3c(c2)OCCO3)CC1. The van der Waals surface area contributed by atoms with E-state index in [0.29, 0.717) is 51.0 Å². The molecule has 0 saturated carbocycles. The minimum atomic E-state index is -3.63. The molecule has 9 nitrogen and oxygen atoms in total. The Bertz CT molecular complexity index is 854. The van der Waals surface area contributed by atoms with Gasteiger partial charge < -0.3 is 19.1 Å². The monoisotopic (exact) mass is 425 g/mol. The molecule has 0 bridgehead atoms. The van der Waals surface area contributed by atoms with Gasteiger partial charge >= 0.3 is 6.09 Å². The summed E-state index contributed by atoms with van der Waals surface area (Å²) in [7, 11) is -3.63. The van der Waals surface area contributed by atoms with Crippen LogP contribution in [0.2, 0.25) is 0 Å². The van der Waals surface area contributed by atoms with Crippen LogP contribution in [0.25, 0.3) is 0 Å². The van der Waals surface area contributed by atoms with E-state index in [1.165, 1.54) is 4.31 Å². The maximum absolute atomic E-state index is 13.3. The lowest BCUT2D eigenvalue weighted by atomic mass is 10.0. The lowest BCUT2D eigenvalue weighted by molar-refractivity contribution is 0.0923. The number of carbonyl (C=O) groups is 1. The van der Waals surface area contributed by atoms with Crippen LogP contribution in [0.5, 0.6) is 11.5 Å². The second kappa shape index (κ2) is 8.37. The van der Waals surface area contributed by atoms with Crippen molar-refractivity contribution in [2.24, 2.45) is 0 Å². The maximum Gasteiger partial charge on any atom is 0.409 e. The molecular formula is C19H27N3O6S. The molecule has 4 rings (SSSR count). The van der Waals surface area contributed by atoms with E-state index in [1.54, 1.807) is 16.1 Å². The second-order valence-corrected chi connectivity index (χ2v) is 9.15. The molecule has 160 valence electrons. The van der Waals surface area contributed by atoms with Gasteiger partial charge in [0.25, 0.3) is 10.2 Å². The van der Waals surface area contributed by atoms with Gasteiger partial charge in [0.15, 0.2) is 11.5 Å². The van der Waals surface area contributed by atoms with Crippen molar-refractivity contribution in [3.8, 4) is 11.5 Å². The Morgan fingerprint density at radius 3 is 2.55 bits per heavy atom. The van der Waals surface area contributed by atoms with E-state index in [4.69, 9.17) is 14.2 Å². The van der Waals surface area contributed by atoms with Crippen LogP contribution in [0.15, 0.2) is 18.2 Å². The summed E-state index contributed by atoms with van der Waals surface area (Å²) in [6.45, 7) is 4.77. The molecule has 1 amide bonds. The minimum Gasteiger partial charge on any atom is -0.486 e. The van der Waals surface area contributed by atoms with Gasteiger partial charge in [0, 0.05) is 32.7 Å². The number of carbonyl (C=O) groups excluding carboxylic acids is 1. The summed E-state index contributed by atoms with van der Waals surface area (Å²) in [6, 6.07) is 5.44. The molecule has 1 unspecified atom stereocenters. The fourth-order valence-corrected chi connectivity index (χ4v) is 5.91. The van der Waals surface area contributed by atoms with Crippen LogP contribution in [0.4, 0.5) is 4.79 Å². The Morgan fingerprint density at radius 1 is 1.10 bits per heavy atom. The number of piperazine rings is 1. The van der Waals surface area contributed by atoms with Gasteiger partial charge in [0.2, 0.25) is 0 Å². The summed E-state index contributed by atoms with van der Waals surface area (Å²) in [4.78, 5) is 13.4. The molecule has 2 fully saturated rings. The normalized spacial score (nSPS) is 23.2. The first-order valence-electron chi connectivity index (χ1n) is 10.1. The third-order valence-electron chi connectivity index (χ3n) is 5.54. The van der Waals surface area contributed by atoms with Crippen LogP contribution in [0.3, 0.4) is 0 Å². The largest absolute Gasteiger partial charge is 0.486 e. The first-order valence-corrected chi connectivity index (χ1v) is 11.5. The number of hydrogen-bond acceptors (Lipinski definition) is 6. The highest BCUT2D eigenvalue weighted by Crippen LogP contribution is 2.39. The maximum atomic E-state index is 13.3. The second-order valence-electron chi connectivity index (χ2n) is 7.26. The zero-order valence-electron chi connectivity index (χ0n) is 16.6. The van der Waals surface area contributed by atoms with E-state index in [2.05, 4.69) is 0 Å². The molecule has 1 atom stereocenters. The Labute approximate surface area is 171 Å². The molecule has 0 aromatic heterocycles. The summed E-state index contributed by atoms with van der Waals surface area (Å²) in [5, 5.41) is 0. The number of ether oxygens (including phenoxy) is 3. The first kappa shape index (κ1) is 20.2. The Morgan fingerprint density at radius 2 is 1.83 bits per heavy atom. The molecule has 10 heteroatoms. The molecule has 0 N–H and O–H groups in total. The van der Waals surface area contributed by atoms with Crippen LogP contribution in [-0.2, 0) is 14.9 Å². The van der Waals surface area contributed by atoms with E-state index in [0.717, 1.165) is 18.4 Å². The Kier molecular flexibility index (Phi) is 5.84. The van der Waals surface area contributed by atoms with Crippen molar-refractivity contribution < 1.29 is 27.4 Å². The Hall–Kier alpha value is -2.04. The van der Waals surface area contributed by atoms with Crippen molar-refractivity contribution in [3.05, 3.63) is 23.8 Å². The highest BCUT2D eigenvalue weighted by Gasteiger charge is 2.40. The zero-order valence-corrected chi connectivity index (χ0v) is 17.4. The van der Waals surface area contributed by atoms with Gasteiger partial charge in [0.1, 0.15) is 13.2 Å². The molecule has 3 aliphatic heterocycles. The molecule has 3 aliphatic rings. The summed E-state index contributed by atoms with van der Waals surface area (Å²) in [5.41, 5.74) is 0.917. The molecule has 1 aromatic carbocycles. The van der Waals surface area contributed by atoms with E-state index in [1.807, 2.05) is 18.2 Å². The molecule has 2 saturated heterocycles. The average molecular weight is 426 g/mol. The lowest BCUT2D eigenvalue weighted by Gasteiger charge is -2.36. The highest BCUT2D eigenvalue weighted by molar-refractivity contribution is 7.86. The number of hydrogen-bond donors (Lipinski definition) is 0. The van der Waals surface area contributed by atoms with Crippen LogP contribution in [-0.4, -0.2) is 80.6 Å². The number of benzene rings is 1. The summed E-state index contributed by atoms with van der Waals surface area (Å²) in [6.07, 6.45) is 1.18. The van der Waals surface area contributed by atoms with Crippen molar-refractivity contribution in [2.75, 3.05) is 52.5 Å². The number of rotatable bonds is 4. The summed E-state index contributed by atoms with van der Waals surface area (Å²) >= 11 is 0. The van der Waals surface area contributed by atoms with Crippen LogP contribution in [0.1, 0.15) is 31.4 Å². The molecule has 3 heterocycles. The lowest BCUT2D eigenvalue weighted by Crippen LogP contribution is -2.54. The molecule has 0 aliphatic carbocycles. The number of nitrogens with zero attached hydrogens (tertiary/aromatic N) is 3. The number of amides is 1. The van der Waals surface area contributed by atoms with E-state index in [-0.39, 0.29) is 25.2 Å². The van der Waals surface area contributed by atoms with Crippen molar-refractivity contribution in [1.29, 1.82) is 0 Å². The average Bonchev–Trinajstić information content (AvgIpc) is 3.24. The van der Waals surface area contributed by atoms with Crippen LogP contribution >= 0.6 is 0 Å². The fraction of sp³-hybridized carbons (Fsp3) is 0.632. The quantitative estimate of drug-likeness (QED) is 0.728. The third-order valence-corrected chi connectivity index (χ3v) is 7.59. The van der Waals surface area contributed by atoms with E-state index >= 15 is 0 Å². The van der Waals surface area contributed by atoms with Crippen molar-refractivity contribution in [1.82, 2.24) is 13.5 Å².